The number of hydrogen-bond acceptors (Lipinski definition) is 1. The van der Waals surface area contributed by atoms with E-state index in [0.29, 0.717) is 12.6 Å². The first kappa shape index (κ1) is 14.4. The quantitative estimate of drug-likeness (QED) is 0.758. The van der Waals surface area contributed by atoms with E-state index in [1.165, 1.54) is 50.7 Å². The zero-order valence-electron chi connectivity index (χ0n) is 11.7. The maximum atomic E-state index is 13.2. The largest absolute Gasteiger partial charge is 0.296 e. The standard InChI is InChI=1S/C16H23F2N/c1-2-3-6-16-7-4-5-8-19(16)12-13-9-14(17)11-15(18)10-13/h9-11,16H,2-8,12H2,1H3. The fraction of sp³-hybridized carbons (Fsp3) is 0.625. The SMILES string of the molecule is CCCCC1CCCCN1Cc1cc(F)cc(F)c1. The summed E-state index contributed by atoms with van der Waals surface area (Å²) in [7, 11) is 0. The molecule has 1 saturated heterocycles. The van der Waals surface area contributed by atoms with Crippen molar-refractivity contribution in [3.05, 3.63) is 35.4 Å². The predicted molar refractivity (Wildman–Crippen MR) is 73.9 cm³/mol. The second kappa shape index (κ2) is 6.99. The topological polar surface area (TPSA) is 3.24 Å². The molecule has 0 spiro atoms. The van der Waals surface area contributed by atoms with Crippen LogP contribution >= 0.6 is 0 Å². The van der Waals surface area contributed by atoms with E-state index in [4.69, 9.17) is 0 Å². The van der Waals surface area contributed by atoms with Gasteiger partial charge in [-0.2, -0.15) is 0 Å². The highest BCUT2D eigenvalue weighted by Gasteiger charge is 2.22. The Morgan fingerprint density at radius 2 is 1.89 bits per heavy atom. The summed E-state index contributed by atoms with van der Waals surface area (Å²) in [5.74, 6) is -0.950. The van der Waals surface area contributed by atoms with Gasteiger partial charge in [-0.15, -0.1) is 0 Å². The first-order valence-corrected chi connectivity index (χ1v) is 7.38. The Morgan fingerprint density at radius 1 is 1.16 bits per heavy atom. The number of nitrogens with zero attached hydrogens (tertiary/aromatic N) is 1. The molecular weight excluding hydrogens is 244 g/mol. The van der Waals surface area contributed by atoms with Crippen LogP contribution in [0.5, 0.6) is 0 Å². The molecule has 1 aliphatic heterocycles. The normalized spacial score (nSPS) is 20.7. The predicted octanol–water partition coefficient (Wildman–Crippen LogP) is 4.51. The van der Waals surface area contributed by atoms with Crippen LogP contribution < -0.4 is 0 Å². The first-order valence-electron chi connectivity index (χ1n) is 7.38. The molecule has 3 heteroatoms. The van der Waals surface area contributed by atoms with Crippen LogP contribution in [0.25, 0.3) is 0 Å². The second-order valence-corrected chi connectivity index (χ2v) is 5.54. The summed E-state index contributed by atoms with van der Waals surface area (Å²) in [6, 6.07) is 4.43. The minimum absolute atomic E-state index is 0.475. The molecule has 0 aliphatic carbocycles. The van der Waals surface area contributed by atoms with Gasteiger partial charge in [-0.1, -0.05) is 26.2 Å². The summed E-state index contributed by atoms with van der Waals surface area (Å²) >= 11 is 0. The first-order chi connectivity index (χ1) is 9.19. The molecule has 0 amide bonds. The monoisotopic (exact) mass is 267 g/mol. The van der Waals surface area contributed by atoms with E-state index in [-0.39, 0.29) is 0 Å². The number of piperidine rings is 1. The molecule has 1 aromatic rings. The fourth-order valence-corrected chi connectivity index (χ4v) is 2.97. The maximum absolute atomic E-state index is 13.2. The van der Waals surface area contributed by atoms with Gasteiger partial charge >= 0.3 is 0 Å². The molecule has 1 aromatic carbocycles. The van der Waals surface area contributed by atoms with Crippen LogP contribution in [0, 0.1) is 11.6 Å². The molecule has 106 valence electrons. The molecular formula is C16H23F2N. The van der Waals surface area contributed by atoms with Gasteiger partial charge in [-0.25, -0.2) is 8.78 Å². The average molecular weight is 267 g/mol. The Bertz CT molecular complexity index is 385. The van der Waals surface area contributed by atoms with E-state index in [0.717, 1.165) is 18.2 Å². The summed E-state index contributed by atoms with van der Waals surface area (Å²) in [4.78, 5) is 2.40. The van der Waals surface area contributed by atoms with Gasteiger partial charge in [-0.05, 0) is 43.5 Å². The van der Waals surface area contributed by atoms with E-state index in [1.807, 2.05) is 0 Å². The molecule has 2 rings (SSSR count). The van der Waals surface area contributed by atoms with Gasteiger partial charge in [0.1, 0.15) is 11.6 Å². The van der Waals surface area contributed by atoms with E-state index in [2.05, 4.69) is 11.8 Å². The molecule has 1 nitrogen and oxygen atoms in total. The summed E-state index contributed by atoms with van der Waals surface area (Å²) < 4.78 is 26.4. The molecule has 19 heavy (non-hydrogen) atoms. The van der Waals surface area contributed by atoms with Crippen LogP contribution in [0.15, 0.2) is 18.2 Å². The average Bonchev–Trinajstić information content (AvgIpc) is 2.36. The molecule has 0 bridgehead atoms. The van der Waals surface area contributed by atoms with Crippen molar-refractivity contribution in [2.45, 2.75) is 58.0 Å². The second-order valence-electron chi connectivity index (χ2n) is 5.54. The smallest absolute Gasteiger partial charge is 0.126 e. The van der Waals surface area contributed by atoms with Crippen LogP contribution in [-0.2, 0) is 6.54 Å². The van der Waals surface area contributed by atoms with Crippen molar-refractivity contribution in [1.82, 2.24) is 4.90 Å². The van der Waals surface area contributed by atoms with Gasteiger partial charge in [0.25, 0.3) is 0 Å². The lowest BCUT2D eigenvalue weighted by molar-refractivity contribution is 0.130. The van der Waals surface area contributed by atoms with Crippen LogP contribution in [0.3, 0.4) is 0 Å². The van der Waals surface area contributed by atoms with E-state index in [1.54, 1.807) is 0 Å². The zero-order valence-corrected chi connectivity index (χ0v) is 11.7. The zero-order chi connectivity index (χ0) is 13.7. The van der Waals surface area contributed by atoms with Crippen molar-refractivity contribution in [3.8, 4) is 0 Å². The lowest BCUT2D eigenvalue weighted by Crippen LogP contribution is -2.38. The van der Waals surface area contributed by atoms with E-state index < -0.39 is 11.6 Å². The van der Waals surface area contributed by atoms with Gasteiger partial charge in [0, 0.05) is 18.7 Å². The molecule has 1 heterocycles. The lowest BCUT2D eigenvalue weighted by atomic mass is 9.96. The Labute approximate surface area is 114 Å². The van der Waals surface area contributed by atoms with Crippen LogP contribution in [0.1, 0.15) is 51.0 Å². The van der Waals surface area contributed by atoms with Crippen molar-refractivity contribution in [3.63, 3.8) is 0 Å². The minimum Gasteiger partial charge on any atom is -0.296 e. The number of hydrogen-bond donors (Lipinski definition) is 0. The molecule has 0 N–H and O–H groups in total. The van der Waals surface area contributed by atoms with Crippen LogP contribution in [-0.4, -0.2) is 17.5 Å². The van der Waals surface area contributed by atoms with Crippen molar-refractivity contribution < 1.29 is 8.78 Å². The third-order valence-corrected chi connectivity index (χ3v) is 3.95. The summed E-state index contributed by atoms with van der Waals surface area (Å²) in [6.07, 6.45) is 7.34. The van der Waals surface area contributed by atoms with Gasteiger partial charge in [0.2, 0.25) is 0 Å². The Balaban J connectivity index is 2.01. The number of likely N-dealkylation sites (tertiary alicyclic amines) is 1. The fourth-order valence-electron chi connectivity index (χ4n) is 2.97. The maximum Gasteiger partial charge on any atom is 0.126 e. The Kier molecular flexibility index (Phi) is 5.32. The Morgan fingerprint density at radius 3 is 2.58 bits per heavy atom. The van der Waals surface area contributed by atoms with Crippen LogP contribution in [0.2, 0.25) is 0 Å². The van der Waals surface area contributed by atoms with E-state index in [9.17, 15) is 8.78 Å². The summed E-state index contributed by atoms with van der Waals surface area (Å²) in [5.41, 5.74) is 0.751. The number of halogens is 2. The van der Waals surface area contributed by atoms with Crippen molar-refractivity contribution in [2.75, 3.05) is 6.54 Å². The summed E-state index contributed by atoms with van der Waals surface area (Å²) in [5, 5.41) is 0. The molecule has 0 aromatic heterocycles. The minimum atomic E-state index is -0.475. The van der Waals surface area contributed by atoms with Gasteiger partial charge in [0.05, 0.1) is 0 Å². The third-order valence-electron chi connectivity index (χ3n) is 3.95. The van der Waals surface area contributed by atoms with Gasteiger partial charge in [-0.3, -0.25) is 4.90 Å². The Hall–Kier alpha value is -0.960. The molecule has 0 saturated carbocycles. The molecule has 1 atom stereocenters. The molecule has 0 radical (unpaired) electrons. The number of rotatable bonds is 5. The van der Waals surface area contributed by atoms with Crippen molar-refractivity contribution in [2.24, 2.45) is 0 Å². The summed E-state index contributed by atoms with van der Waals surface area (Å²) in [6.45, 7) is 3.92. The molecule has 1 aliphatic rings. The highest BCUT2D eigenvalue weighted by atomic mass is 19.1. The third kappa shape index (κ3) is 4.27. The van der Waals surface area contributed by atoms with E-state index >= 15 is 0 Å². The van der Waals surface area contributed by atoms with Gasteiger partial charge < -0.3 is 0 Å². The van der Waals surface area contributed by atoms with Crippen molar-refractivity contribution in [1.29, 1.82) is 0 Å². The molecule has 1 fully saturated rings. The van der Waals surface area contributed by atoms with Crippen molar-refractivity contribution >= 4 is 0 Å². The van der Waals surface area contributed by atoms with Gasteiger partial charge in [0.15, 0.2) is 0 Å². The lowest BCUT2D eigenvalue weighted by Gasteiger charge is -2.36. The molecule has 1 unspecified atom stereocenters. The highest BCUT2D eigenvalue weighted by molar-refractivity contribution is 5.18. The highest BCUT2D eigenvalue weighted by Crippen LogP contribution is 2.24. The number of benzene rings is 1. The number of unbranched alkanes of at least 4 members (excludes halogenated alkanes) is 1. The van der Waals surface area contributed by atoms with Crippen LogP contribution in [0.4, 0.5) is 8.78 Å².